The molecule has 0 atom stereocenters. The molecule has 0 fully saturated rings. The van der Waals surface area contributed by atoms with Crippen LogP contribution in [0.15, 0.2) is 62.8 Å². The highest BCUT2D eigenvalue weighted by molar-refractivity contribution is 14.0. The smallest absolute Gasteiger partial charge is 0.191 e. The molecule has 0 radical (unpaired) electrons. The predicted molar refractivity (Wildman–Crippen MR) is 123 cm³/mol. The number of furan rings is 1. The van der Waals surface area contributed by atoms with Crippen LogP contribution < -0.4 is 10.6 Å². The van der Waals surface area contributed by atoms with E-state index in [0.29, 0.717) is 23.9 Å². The van der Waals surface area contributed by atoms with Crippen LogP contribution >= 0.6 is 24.0 Å². The molecule has 2 aromatic carbocycles. The van der Waals surface area contributed by atoms with Crippen LogP contribution in [0.25, 0.3) is 11.0 Å². The first-order valence-electron chi connectivity index (χ1n) is 8.58. The lowest BCUT2D eigenvalue weighted by atomic mass is 10.1. The summed E-state index contributed by atoms with van der Waals surface area (Å²) in [4.78, 5) is 4.57. The first-order chi connectivity index (χ1) is 12.9. The van der Waals surface area contributed by atoms with E-state index in [2.05, 4.69) is 15.6 Å². The highest BCUT2D eigenvalue weighted by Crippen LogP contribution is 2.18. The van der Waals surface area contributed by atoms with Gasteiger partial charge in [0.1, 0.15) is 11.3 Å². The van der Waals surface area contributed by atoms with E-state index in [4.69, 9.17) is 4.42 Å². The second-order valence-corrected chi connectivity index (χ2v) is 8.39. The van der Waals surface area contributed by atoms with Crippen molar-refractivity contribution in [1.29, 1.82) is 0 Å². The minimum atomic E-state index is -3.20. The highest BCUT2D eigenvalue weighted by atomic mass is 127. The Hall–Kier alpha value is -2.07. The summed E-state index contributed by atoms with van der Waals surface area (Å²) < 4.78 is 29.2. The molecule has 0 aliphatic heterocycles. The molecule has 1 heterocycles. The third-order valence-electron chi connectivity index (χ3n) is 4.23. The molecule has 28 heavy (non-hydrogen) atoms. The molecule has 8 heteroatoms. The second-order valence-electron chi connectivity index (χ2n) is 6.40. The molecule has 0 aliphatic rings. The summed E-state index contributed by atoms with van der Waals surface area (Å²) in [5, 5.41) is 7.51. The zero-order chi connectivity index (χ0) is 19.4. The van der Waals surface area contributed by atoms with Crippen LogP contribution in [-0.4, -0.2) is 27.7 Å². The Morgan fingerprint density at radius 1 is 1.07 bits per heavy atom. The fourth-order valence-corrected chi connectivity index (χ4v) is 3.90. The lowest BCUT2D eigenvalue weighted by molar-refractivity contribution is 0.538. The third kappa shape index (κ3) is 5.48. The summed E-state index contributed by atoms with van der Waals surface area (Å²) in [7, 11) is -1.50. The van der Waals surface area contributed by atoms with Crippen LogP contribution in [-0.2, 0) is 22.9 Å². The lowest BCUT2D eigenvalue weighted by Gasteiger charge is -2.12. The SMILES string of the molecule is CN=C(NCc1ccc(S(C)(=O)=O)c(C)c1)NCc1cc2ccccc2o1.I. The molecule has 3 rings (SSSR count). The molecule has 150 valence electrons. The molecule has 0 aliphatic carbocycles. The first kappa shape index (κ1) is 22.2. The number of fused-ring (bicyclic) bond motifs is 1. The van der Waals surface area contributed by atoms with Crippen LogP contribution in [0.3, 0.4) is 0 Å². The second kappa shape index (κ2) is 9.42. The Kier molecular flexibility index (Phi) is 7.48. The molecule has 6 nitrogen and oxygen atoms in total. The van der Waals surface area contributed by atoms with E-state index < -0.39 is 9.84 Å². The average molecular weight is 513 g/mol. The van der Waals surface area contributed by atoms with E-state index in [0.717, 1.165) is 27.9 Å². The maximum Gasteiger partial charge on any atom is 0.191 e. The number of hydrogen-bond donors (Lipinski definition) is 2. The van der Waals surface area contributed by atoms with Crippen molar-refractivity contribution in [2.45, 2.75) is 24.9 Å². The van der Waals surface area contributed by atoms with Gasteiger partial charge < -0.3 is 15.1 Å². The Labute approximate surface area is 182 Å². The molecule has 0 spiro atoms. The van der Waals surface area contributed by atoms with Crippen molar-refractivity contribution in [3.63, 3.8) is 0 Å². The number of aliphatic imine (C=N–C) groups is 1. The van der Waals surface area contributed by atoms with Crippen molar-refractivity contribution in [1.82, 2.24) is 10.6 Å². The van der Waals surface area contributed by atoms with Crippen LogP contribution in [0.1, 0.15) is 16.9 Å². The standard InChI is InChI=1S/C20H23N3O3S.HI/c1-14-10-15(8-9-19(14)27(3,24)25)12-22-20(21-2)23-13-17-11-16-6-4-5-7-18(16)26-17;/h4-11H,12-13H2,1-3H3,(H2,21,22,23);1H. The molecule has 0 amide bonds. The number of para-hydroxylation sites is 1. The van der Waals surface area contributed by atoms with E-state index in [1.165, 1.54) is 6.26 Å². The summed E-state index contributed by atoms with van der Waals surface area (Å²) in [5.41, 5.74) is 2.58. The minimum absolute atomic E-state index is 0. The summed E-state index contributed by atoms with van der Waals surface area (Å²) in [6, 6.07) is 15.2. The molecule has 1 aromatic heterocycles. The van der Waals surface area contributed by atoms with E-state index >= 15 is 0 Å². The zero-order valence-corrected chi connectivity index (χ0v) is 19.2. The van der Waals surface area contributed by atoms with Gasteiger partial charge in [-0.25, -0.2) is 8.42 Å². The molecule has 0 bridgehead atoms. The number of sulfone groups is 1. The minimum Gasteiger partial charge on any atom is -0.459 e. The van der Waals surface area contributed by atoms with E-state index in [1.54, 1.807) is 20.0 Å². The van der Waals surface area contributed by atoms with Crippen LogP contribution in [0, 0.1) is 6.92 Å². The van der Waals surface area contributed by atoms with Crippen molar-refractivity contribution in [2.24, 2.45) is 4.99 Å². The van der Waals surface area contributed by atoms with Gasteiger partial charge in [-0.1, -0.05) is 30.3 Å². The number of benzene rings is 2. The van der Waals surface area contributed by atoms with Gasteiger partial charge in [0.25, 0.3) is 0 Å². The van der Waals surface area contributed by atoms with Gasteiger partial charge in [-0.2, -0.15) is 0 Å². The van der Waals surface area contributed by atoms with Crippen LogP contribution in [0.5, 0.6) is 0 Å². The largest absolute Gasteiger partial charge is 0.459 e. The fraction of sp³-hybridized carbons (Fsp3) is 0.250. The van der Waals surface area contributed by atoms with E-state index in [1.807, 2.05) is 42.5 Å². The van der Waals surface area contributed by atoms with Crippen molar-refractivity contribution < 1.29 is 12.8 Å². The predicted octanol–water partition coefficient (Wildman–Crippen LogP) is 3.63. The summed E-state index contributed by atoms with van der Waals surface area (Å²) >= 11 is 0. The highest BCUT2D eigenvalue weighted by Gasteiger charge is 2.11. The Morgan fingerprint density at radius 3 is 2.43 bits per heavy atom. The molecule has 0 saturated carbocycles. The molecule has 3 aromatic rings. The summed E-state index contributed by atoms with van der Waals surface area (Å²) in [6.07, 6.45) is 1.22. The Balaban J connectivity index is 0.00000280. The number of hydrogen-bond acceptors (Lipinski definition) is 4. The summed E-state index contributed by atoms with van der Waals surface area (Å²) in [6.45, 7) is 2.85. The van der Waals surface area contributed by atoms with Crippen molar-refractivity contribution in [3.8, 4) is 0 Å². The van der Waals surface area contributed by atoms with Gasteiger partial charge in [-0.15, -0.1) is 24.0 Å². The summed E-state index contributed by atoms with van der Waals surface area (Å²) in [5.74, 6) is 1.47. The molecular formula is C20H24IN3O3S. The van der Waals surface area contributed by atoms with Gasteiger partial charge in [0, 0.05) is 25.2 Å². The quantitative estimate of drug-likeness (QED) is 0.310. The van der Waals surface area contributed by atoms with Gasteiger partial charge >= 0.3 is 0 Å². The maximum atomic E-state index is 11.7. The molecular weight excluding hydrogens is 489 g/mol. The van der Waals surface area contributed by atoms with Gasteiger partial charge in [0.05, 0.1) is 11.4 Å². The molecule has 0 unspecified atom stereocenters. The normalized spacial score (nSPS) is 11.9. The Bertz CT molecular complexity index is 1060. The lowest BCUT2D eigenvalue weighted by Crippen LogP contribution is -2.36. The fourth-order valence-electron chi connectivity index (χ4n) is 2.94. The Morgan fingerprint density at radius 2 is 1.79 bits per heavy atom. The first-order valence-corrected chi connectivity index (χ1v) is 10.5. The molecule has 2 N–H and O–H groups in total. The number of rotatable bonds is 5. The van der Waals surface area contributed by atoms with Gasteiger partial charge in [0.2, 0.25) is 0 Å². The van der Waals surface area contributed by atoms with Crippen molar-refractivity contribution >= 4 is 50.7 Å². The van der Waals surface area contributed by atoms with E-state index in [-0.39, 0.29) is 24.0 Å². The van der Waals surface area contributed by atoms with E-state index in [9.17, 15) is 8.42 Å². The molecule has 0 saturated heterocycles. The van der Waals surface area contributed by atoms with Gasteiger partial charge in [0.15, 0.2) is 15.8 Å². The number of guanidine groups is 1. The number of halogens is 1. The number of aryl methyl sites for hydroxylation is 1. The monoisotopic (exact) mass is 513 g/mol. The topological polar surface area (TPSA) is 83.7 Å². The maximum absolute atomic E-state index is 11.7. The van der Waals surface area contributed by atoms with Gasteiger partial charge in [-0.05, 0) is 36.2 Å². The average Bonchev–Trinajstić information content (AvgIpc) is 3.03. The van der Waals surface area contributed by atoms with Crippen molar-refractivity contribution in [3.05, 3.63) is 65.4 Å². The number of nitrogens with one attached hydrogen (secondary N) is 2. The third-order valence-corrected chi connectivity index (χ3v) is 5.49. The van der Waals surface area contributed by atoms with Crippen LogP contribution in [0.4, 0.5) is 0 Å². The van der Waals surface area contributed by atoms with Gasteiger partial charge in [-0.3, -0.25) is 4.99 Å². The van der Waals surface area contributed by atoms with Crippen LogP contribution in [0.2, 0.25) is 0 Å². The van der Waals surface area contributed by atoms with Crippen molar-refractivity contribution in [2.75, 3.05) is 13.3 Å². The zero-order valence-electron chi connectivity index (χ0n) is 16.0. The number of nitrogens with zero attached hydrogens (tertiary/aromatic N) is 1.